The van der Waals surface area contributed by atoms with E-state index in [1.807, 2.05) is 20.8 Å². The molecule has 0 aliphatic heterocycles. The maximum Gasteiger partial charge on any atom is 0.407 e. The average Bonchev–Trinajstić information content (AvgIpc) is 2.46. The number of hydrogen-bond acceptors (Lipinski definition) is 4. The van der Waals surface area contributed by atoms with E-state index in [0.717, 1.165) is 39.0 Å². The van der Waals surface area contributed by atoms with Gasteiger partial charge in [-0.2, -0.15) is 0 Å². The summed E-state index contributed by atoms with van der Waals surface area (Å²) in [5.74, 6) is 0.713. The zero-order valence-electron chi connectivity index (χ0n) is 15.3. The third-order valence-corrected chi connectivity index (χ3v) is 2.71. The van der Waals surface area contributed by atoms with E-state index in [4.69, 9.17) is 9.47 Å². The number of aliphatic imine (C=N–C) groups is 1. The lowest BCUT2D eigenvalue weighted by Crippen LogP contribution is -2.42. The lowest BCUT2D eigenvalue weighted by molar-refractivity contribution is 0.0529. The van der Waals surface area contributed by atoms with Crippen LogP contribution in [0.15, 0.2) is 4.99 Å². The number of rotatable bonds is 10. The van der Waals surface area contributed by atoms with Crippen LogP contribution in [0.2, 0.25) is 0 Å². The zero-order chi connectivity index (χ0) is 17.6. The van der Waals surface area contributed by atoms with Gasteiger partial charge in [0.1, 0.15) is 5.60 Å². The SMILES string of the molecule is CCCCOCCCNC(=NC)NCCNC(=O)OC(C)(C)C. The van der Waals surface area contributed by atoms with Gasteiger partial charge in [0.25, 0.3) is 0 Å². The predicted molar refractivity (Wildman–Crippen MR) is 93.9 cm³/mol. The number of amides is 1. The Morgan fingerprint density at radius 1 is 1.00 bits per heavy atom. The first-order chi connectivity index (χ1) is 10.9. The van der Waals surface area contributed by atoms with Crippen LogP contribution >= 0.6 is 0 Å². The summed E-state index contributed by atoms with van der Waals surface area (Å²) < 4.78 is 10.6. The van der Waals surface area contributed by atoms with E-state index in [2.05, 4.69) is 27.9 Å². The molecule has 0 aromatic heterocycles. The second kappa shape index (κ2) is 13.0. The van der Waals surface area contributed by atoms with Crippen molar-refractivity contribution in [1.82, 2.24) is 16.0 Å². The van der Waals surface area contributed by atoms with Crippen molar-refractivity contribution in [3.63, 3.8) is 0 Å². The van der Waals surface area contributed by atoms with E-state index in [-0.39, 0.29) is 0 Å². The fraction of sp³-hybridized carbons (Fsp3) is 0.875. The molecule has 0 fully saturated rings. The number of carbonyl (C=O) groups is 1. The van der Waals surface area contributed by atoms with Crippen LogP contribution in [0.4, 0.5) is 4.79 Å². The van der Waals surface area contributed by atoms with Crippen LogP contribution in [0.1, 0.15) is 47.0 Å². The molecule has 0 heterocycles. The van der Waals surface area contributed by atoms with Crippen molar-refractivity contribution >= 4 is 12.1 Å². The highest BCUT2D eigenvalue weighted by Crippen LogP contribution is 2.05. The molecular formula is C16H34N4O3. The molecule has 0 unspecified atom stereocenters. The van der Waals surface area contributed by atoms with E-state index in [1.54, 1.807) is 7.05 Å². The van der Waals surface area contributed by atoms with E-state index in [1.165, 1.54) is 0 Å². The number of unbranched alkanes of at least 4 members (excludes halogenated alkanes) is 1. The summed E-state index contributed by atoms with van der Waals surface area (Å²) in [4.78, 5) is 15.6. The molecule has 0 saturated carbocycles. The molecule has 0 bridgehead atoms. The van der Waals surface area contributed by atoms with Gasteiger partial charge in [0.15, 0.2) is 5.96 Å². The molecule has 3 N–H and O–H groups in total. The van der Waals surface area contributed by atoms with Gasteiger partial charge in [0.2, 0.25) is 0 Å². The van der Waals surface area contributed by atoms with Gasteiger partial charge in [-0.1, -0.05) is 13.3 Å². The molecule has 7 nitrogen and oxygen atoms in total. The Hall–Kier alpha value is -1.50. The number of carbonyl (C=O) groups excluding carboxylic acids is 1. The summed E-state index contributed by atoms with van der Waals surface area (Å²) in [6.07, 6.45) is 2.79. The van der Waals surface area contributed by atoms with Crippen LogP contribution in [0.5, 0.6) is 0 Å². The van der Waals surface area contributed by atoms with Crippen molar-refractivity contribution in [2.75, 3.05) is 39.9 Å². The van der Waals surface area contributed by atoms with Crippen molar-refractivity contribution in [1.29, 1.82) is 0 Å². The first-order valence-electron chi connectivity index (χ1n) is 8.38. The Kier molecular flexibility index (Phi) is 12.1. The van der Waals surface area contributed by atoms with E-state index in [0.29, 0.717) is 19.0 Å². The fourth-order valence-corrected chi connectivity index (χ4v) is 1.61. The van der Waals surface area contributed by atoms with Crippen molar-refractivity contribution < 1.29 is 14.3 Å². The number of nitrogens with one attached hydrogen (secondary N) is 3. The number of ether oxygens (including phenoxy) is 2. The summed E-state index contributed by atoms with van der Waals surface area (Å²) in [7, 11) is 1.72. The summed E-state index contributed by atoms with van der Waals surface area (Å²) in [5, 5.41) is 9.02. The van der Waals surface area contributed by atoms with Crippen molar-refractivity contribution in [3.05, 3.63) is 0 Å². The molecule has 0 aromatic rings. The van der Waals surface area contributed by atoms with Crippen LogP contribution in [0.3, 0.4) is 0 Å². The summed E-state index contributed by atoms with van der Waals surface area (Å²) in [5.41, 5.74) is -0.478. The van der Waals surface area contributed by atoms with Crippen LogP contribution in [-0.4, -0.2) is 57.5 Å². The molecule has 0 rings (SSSR count). The van der Waals surface area contributed by atoms with E-state index >= 15 is 0 Å². The minimum absolute atomic E-state index is 0.411. The third-order valence-electron chi connectivity index (χ3n) is 2.71. The van der Waals surface area contributed by atoms with Gasteiger partial charge in [-0.15, -0.1) is 0 Å². The molecular weight excluding hydrogens is 296 g/mol. The highest BCUT2D eigenvalue weighted by atomic mass is 16.6. The lowest BCUT2D eigenvalue weighted by Gasteiger charge is -2.19. The second-order valence-corrected chi connectivity index (χ2v) is 6.17. The van der Waals surface area contributed by atoms with Crippen LogP contribution < -0.4 is 16.0 Å². The molecule has 0 saturated heterocycles. The first kappa shape index (κ1) is 21.5. The Balaban J connectivity index is 3.61. The topological polar surface area (TPSA) is 84.0 Å². The summed E-state index contributed by atoms with van der Waals surface area (Å²) in [6.45, 7) is 11.1. The summed E-state index contributed by atoms with van der Waals surface area (Å²) in [6, 6.07) is 0. The highest BCUT2D eigenvalue weighted by Gasteiger charge is 2.15. The van der Waals surface area contributed by atoms with E-state index in [9.17, 15) is 4.79 Å². The molecule has 0 spiro atoms. The van der Waals surface area contributed by atoms with Crippen LogP contribution in [0, 0.1) is 0 Å². The quantitative estimate of drug-likeness (QED) is 0.324. The minimum atomic E-state index is -0.478. The molecule has 1 amide bonds. The molecule has 0 aromatic carbocycles. The number of guanidine groups is 1. The lowest BCUT2D eigenvalue weighted by atomic mass is 10.2. The molecule has 136 valence electrons. The van der Waals surface area contributed by atoms with Gasteiger partial charge in [0.05, 0.1) is 0 Å². The maximum atomic E-state index is 11.5. The van der Waals surface area contributed by atoms with Gasteiger partial charge in [-0.25, -0.2) is 4.79 Å². The van der Waals surface area contributed by atoms with Crippen molar-refractivity contribution in [2.24, 2.45) is 4.99 Å². The molecule has 7 heteroatoms. The molecule has 0 radical (unpaired) electrons. The predicted octanol–water partition coefficient (Wildman–Crippen LogP) is 1.88. The average molecular weight is 330 g/mol. The molecule has 0 aliphatic carbocycles. The van der Waals surface area contributed by atoms with Gasteiger partial charge in [-0.3, -0.25) is 4.99 Å². The van der Waals surface area contributed by atoms with Gasteiger partial charge in [0, 0.05) is 39.9 Å². The van der Waals surface area contributed by atoms with Crippen molar-refractivity contribution in [2.45, 2.75) is 52.6 Å². The Bertz CT molecular complexity index is 341. The summed E-state index contributed by atoms with van der Waals surface area (Å²) >= 11 is 0. The van der Waals surface area contributed by atoms with Gasteiger partial charge < -0.3 is 25.4 Å². The van der Waals surface area contributed by atoms with Crippen molar-refractivity contribution in [3.8, 4) is 0 Å². The third kappa shape index (κ3) is 15.2. The first-order valence-corrected chi connectivity index (χ1v) is 8.38. The standard InChI is InChI=1S/C16H34N4O3/c1-6-7-12-22-13-8-9-18-14(17-5)19-10-11-20-15(21)23-16(2,3)4/h6-13H2,1-5H3,(H,20,21)(H2,17,18,19). The maximum absolute atomic E-state index is 11.5. The Morgan fingerprint density at radius 2 is 1.61 bits per heavy atom. The number of hydrogen-bond donors (Lipinski definition) is 3. The zero-order valence-corrected chi connectivity index (χ0v) is 15.3. The fourth-order valence-electron chi connectivity index (χ4n) is 1.61. The normalized spacial score (nSPS) is 12.0. The molecule has 0 atom stereocenters. The molecule has 23 heavy (non-hydrogen) atoms. The number of nitrogens with zero attached hydrogens (tertiary/aromatic N) is 1. The van der Waals surface area contributed by atoms with Crippen LogP contribution in [0.25, 0.3) is 0 Å². The Morgan fingerprint density at radius 3 is 2.22 bits per heavy atom. The second-order valence-electron chi connectivity index (χ2n) is 6.17. The van der Waals surface area contributed by atoms with Gasteiger partial charge >= 0.3 is 6.09 Å². The number of alkyl carbamates (subject to hydrolysis) is 1. The van der Waals surface area contributed by atoms with E-state index < -0.39 is 11.7 Å². The highest BCUT2D eigenvalue weighted by molar-refractivity contribution is 5.79. The monoisotopic (exact) mass is 330 g/mol. The minimum Gasteiger partial charge on any atom is -0.444 e. The van der Waals surface area contributed by atoms with Crippen LogP contribution in [-0.2, 0) is 9.47 Å². The largest absolute Gasteiger partial charge is 0.444 e. The Labute approximate surface area is 140 Å². The van der Waals surface area contributed by atoms with Gasteiger partial charge in [-0.05, 0) is 33.6 Å². The molecule has 0 aliphatic rings. The smallest absolute Gasteiger partial charge is 0.407 e.